The first-order valence-electron chi connectivity index (χ1n) is 6.63. The Bertz CT molecular complexity index is 746. The van der Waals surface area contributed by atoms with Crippen molar-refractivity contribution in [1.29, 1.82) is 0 Å². The van der Waals surface area contributed by atoms with Crippen molar-refractivity contribution in [1.82, 2.24) is 15.0 Å². The number of nitrogens with zero attached hydrogens (tertiary/aromatic N) is 3. The normalized spacial score (nSPS) is 9.88. The molecule has 0 spiro atoms. The molecule has 0 N–H and O–H groups in total. The molecular weight excluding hydrogens is 412 g/mol. The maximum atomic E-state index is 11.5. The fraction of sp³-hybridized carbons (Fsp3) is 0.200. The van der Waals surface area contributed by atoms with Crippen LogP contribution in [0.5, 0.6) is 0 Å². The third-order valence-electron chi connectivity index (χ3n) is 2.74. The van der Waals surface area contributed by atoms with E-state index >= 15 is 0 Å². The van der Waals surface area contributed by atoms with Crippen LogP contribution in [0.3, 0.4) is 0 Å². The largest absolute Gasteiger partial charge is 0.295 e. The Morgan fingerprint density at radius 1 is 0.880 bits per heavy atom. The van der Waals surface area contributed by atoms with Crippen LogP contribution in [0.2, 0.25) is 20.6 Å². The first-order chi connectivity index (χ1) is 11.6. The maximum Gasteiger partial charge on any atom is 0.277 e. The predicted octanol–water partition coefficient (Wildman–Crippen LogP) is 4.61. The van der Waals surface area contributed by atoms with Crippen molar-refractivity contribution < 1.29 is 14.4 Å². The molecule has 2 aromatic heterocycles. The van der Waals surface area contributed by atoms with E-state index in [1.807, 2.05) is 0 Å². The van der Waals surface area contributed by atoms with Gasteiger partial charge >= 0.3 is 0 Å². The third kappa shape index (κ3) is 7.13. The fourth-order valence-corrected chi connectivity index (χ4v) is 2.44. The van der Waals surface area contributed by atoms with Gasteiger partial charge in [0, 0.05) is 18.2 Å². The van der Waals surface area contributed by atoms with Gasteiger partial charge in [0.1, 0.15) is 20.6 Å². The van der Waals surface area contributed by atoms with Crippen LogP contribution in [0.4, 0.5) is 0 Å². The van der Waals surface area contributed by atoms with Crippen LogP contribution in [0, 0.1) is 0 Å². The Morgan fingerprint density at radius 3 is 1.56 bits per heavy atom. The van der Waals surface area contributed by atoms with Crippen LogP contribution in [-0.2, 0) is 4.84 Å². The summed E-state index contributed by atoms with van der Waals surface area (Å²) >= 11 is 22.4. The number of hydroxylamine groups is 2. The fourth-order valence-electron chi connectivity index (χ4n) is 1.52. The van der Waals surface area contributed by atoms with Gasteiger partial charge in [-0.05, 0) is 31.2 Å². The Balaban J connectivity index is 0.000000257. The van der Waals surface area contributed by atoms with Crippen LogP contribution < -0.4 is 0 Å². The van der Waals surface area contributed by atoms with Gasteiger partial charge in [0.25, 0.3) is 5.91 Å². The highest BCUT2D eigenvalue weighted by atomic mass is 35.5. The van der Waals surface area contributed by atoms with Crippen molar-refractivity contribution >= 4 is 58.1 Å². The molecule has 134 valence electrons. The number of Topliss-reactive ketones (excluding diaryl/α,β-unsaturated/α-hetero) is 1. The summed E-state index contributed by atoms with van der Waals surface area (Å²) in [6.45, 7) is 1.45. The average Bonchev–Trinajstić information content (AvgIpc) is 2.52. The minimum atomic E-state index is -0.335. The third-order valence-corrected chi connectivity index (χ3v) is 3.51. The van der Waals surface area contributed by atoms with E-state index in [-0.39, 0.29) is 32.3 Å². The summed E-state index contributed by atoms with van der Waals surface area (Å²) in [6, 6.07) is 5.81. The van der Waals surface area contributed by atoms with Crippen molar-refractivity contribution in [3.8, 4) is 0 Å². The van der Waals surface area contributed by atoms with E-state index in [2.05, 4.69) is 9.97 Å². The minimum absolute atomic E-state index is 0.0730. The van der Waals surface area contributed by atoms with Gasteiger partial charge in [0.2, 0.25) is 0 Å². The minimum Gasteiger partial charge on any atom is -0.295 e. The SMILES string of the molecule is CC(=O)c1cc(Cl)nc(Cl)c1.CON(C)C(=O)c1cc(Cl)nc(Cl)c1. The average molecular weight is 425 g/mol. The lowest BCUT2D eigenvalue weighted by Gasteiger charge is -2.13. The number of aromatic nitrogens is 2. The molecule has 0 radical (unpaired) electrons. The molecule has 25 heavy (non-hydrogen) atoms. The summed E-state index contributed by atoms with van der Waals surface area (Å²) < 4.78 is 0. The topological polar surface area (TPSA) is 72.4 Å². The first kappa shape index (κ1) is 21.6. The molecule has 2 rings (SSSR count). The molecule has 0 aliphatic rings. The second kappa shape index (κ2) is 9.89. The number of halogens is 4. The number of hydrogen-bond acceptors (Lipinski definition) is 5. The number of rotatable bonds is 3. The van der Waals surface area contributed by atoms with Crippen LogP contribution in [0.25, 0.3) is 0 Å². The first-order valence-corrected chi connectivity index (χ1v) is 8.14. The Morgan fingerprint density at radius 2 is 1.24 bits per heavy atom. The van der Waals surface area contributed by atoms with Crippen LogP contribution in [-0.4, -0.2) is 40.9 Å². The van der Waals surface area contributed by atoms with Gasteiger partial charge in [-0.15, -0.1) is 0 Å². The van der Waals surface area contributed by atoms with Gasteiger partial charge in [-0.3, -0.25) is 14.4 Å². The molecule has 0 bridgehead atoms. The lowest BCUT2D eigenvalue weighted by Crippen LogP contribution is -2.25. The standard InChI is InChI=1S/C8H8Cl2N2O2.C7H5Cl2NO/c1-12(14-2)8(13)5-3-6(9)11-7(10)4-5;1-4(11)5-2-6(8)10-7(9)3-5/h3-4H,1-2H3;2-3H,1H3. The second-order valence-electron chi connectivity index (χ2n) is 4.54. The van der Waals surface area contributed by atoms with Crippen molar-refractivity contribution in [2.75, 3.05) is 14.2 Å². The molecule has 1 amide bonds. The number of carbonyl (C=O) groups excluding carboxylic acids is 2. The zero-order chi connectivity index (χ0) is 19.1. The van der Waals surface area contributed by atoms with E-state index in [0.717, 1.165) is 5.06 Å². The number of pyridine rings is 2. The Kier molecular flexibility index (Phi) is 8.55. The molecule has 2 heterocycles. The van der Waals surface area contributed by atoms with Crippen molar-refractivity contribution in [3.05, 3.63) is 56.0 Å². The summed E-state index contributed by atoms with van der Waals surface area (Å²) in [5.74, 6) is -0.407. The summed E-state index contributed by atoms with van der Waals surface area (Å²) in [4.78, 5) is 34.5. The van der Waals surface area contributed by atoms with Crippen LogP contribution in [0.15, 0.2) is 24.3 Å². The van der Waals surface area contributed by atoms with Gasteiger partial charge in [-0.25, -0.2) is 15.0 Å². The molecule has 2 aromatic rings. The highest BCUT2D eigenvalue weighted by Crippen LogP contribution is 2.16. The van der Waals surface area contributed by atoms with E-state index in [9.17, 15) is 9.59 Å². The van der Waals surface area contributed by atoms with Gasteiger partial charge < -0.3 is 0 Å². The zero-order valence-corrected chi connectivity index (χ0v) is 16.4. The van der Waals surface area contributed by atoms with Crippen molar-refractivity contribution in [3.63, 3.8) is 0 Å². The molecule has 6 nitrogen and oxygen atoms in total. The summed E-state index contributed by atoms with van der Waals surface area (Å²) in [5, 5.41) is 1.89. The summed E-state index contributed by atoms with van der Waals surface area (Å²) in [7, 11) is 2.88. The highest BCUT2D eigenvalue weighted by Gasteiger charge is 2.13. The number of ketones is 1. The Hall–Kier alpha value is -1.44. The molecule has 0 aromatic carbocycles. The van der Waals surface area contributed by atoms with Gasteiger partial charge in [-0.2, -0.15) is 0 Å². The van der Waals surface area contributed by atoms with Crippen LogP contribution >= 0.6 is 46.4 Å². The van der Waals surface area contributed by atoms with E-state index < -0.39 is 0 Å². The summed E-state index contributed by atoms with van der Waals surface area (Å²) in [5.41, 5.74) is 0.814. The number of carbonyl (C=O) groups is 2. The van der Waals surface area contributed by atoms with Crippen molar-refractivity contribution in [2.24, 2.45) is 0 Å². The van der Waals surface area contributed by atoms with E-state index in [1.165, 1.54) is 45.3 Å². The smallest absolute Gasteiger partial charge is 0.277 e. The molecule has 0 saturated heterocycles. The highest BCUT2D eigenvalue weighted by molar-refractivity contribution is 6.33. The van der Waals surface area contributed by atoms with Gasteiger partial charge in [-0.1, -0.05) is 46.4 Å². The number of hydrogen-bond donors (Lipinski definition) is 0. The van der Waals surface area contributed by atoms with E-state index in [4.69, 9.17) is 51.2 Å². The zero-order valence-electron chi connectivity index (χ0n) is 13.4. The predicted molar refractivity (Wildman–Crippen MR) is 97.6 cm³/mol. The molecule has 0 saturated carbocycles. The molecule has 0 fully saturated rings. The molecule has 0 aliphatic heterocycles. The van der Waals surface area contributed by atoms with Crippen molar-refractivity contribution in [2.45, 2.75) is 6.92 Å². The van der Waals surface area contributed by atoms with Gasteiger partial charge in [0.15, 0.2) is 5.78 Å². The molecular formula is C15H13Cl4N3O3. The lowest BCUT2D eigenvalue weighted by atomic mass is 10.2. The second-order valence-corrected chi connectivity index (χ2v) is 6.09. The van der Waals surface area contributed by atoms with E-state index in [1.54, 1.807) is 0 Å². The molecule has 0 unspecified atom stereocenters. The molecule has 0 atom stereocenters. The monoisotopic (exact) mass is 423 g/mol. The number of amides is 1. The van der Waals surface area contributed by atoms with Crippen LogP contribution in [0.1, 0.15) is 27.6 Å². The molecule has 0 aliphatic carbocycles. The quantitative estimate of drug-likeness (QED) is 0.408. The Labute approximate surface area is 164 Å². The lowest BCUT2D eigenvalue weighted by molar-refractivity contribution is -0.0757. The molecule has 10 heteroatoms. The summed E-state index contributed by atoms with van der Waals surface area (Å²) in [6.07, 6.45) is 0. The maximum absolute atomic E-state index is 11.5. The van der Waals surface area contributed by atoms with E-state index in [0.29, 0.717) is 11.1 Å². The van der Waals surface area contributed by atoms with Gasteiger partial charge in [0.05, 0.1) is 7.11 Å².